The van der Waals surface area contributed by atoms with Crippen LogP contribution in [-0.2, 0) is 0 Å². The van der Waals surface area contributed by atoms with Gasteiger partial charge in [0.2, 0.25) is 0 Å². The Labute approximate surface area is 119 Å². The molecule has 2 atom stereocenters. The van der Waals surface area contributed by atoms with Crippen molar-refractivity contribution in [3.05, 3.63) is 59.4 Å². The molecular weight excluding hydrogens is 248 g/mol. The molecule has 0 bridgehead atoms. The van der Waals surface area contributed by atoms with Crippen LogP contribution >= 0.6 is 0 Å². The molecule has 1 aromatic heterocycles. The van der Waals surface area contributed by atoms with Crippen molar-refractivity contribution in [1.82, 2.24) is 4.98 Å². The predicted octanol–water partition coefficient (Wildman–Crippen LogP) is 3.35. The van der Waals surface area contributed by atoms with Crippen LogP contribution in [0.1, 0.15) is 41.6 Å². The highest BCUT2D eigenvalue weighted by Crippen LogP contribution is 2.38. The first-order valence-electron chi connectivity index (χ1n) is 7.14. The third-order valence-corrected chi connectivity index (χ3v) is 3.98. The molecule has 2 unspecified atom stereocenters. The molecule has 0 radical (unpaired) electrons. The molecule has 3 nitrogen and oxygen atoms in total. The van der Waals surface area contributed by atoms with Crippen molar-refractivity contribution < 1.29 is 4.74 Å². The average Bonchev–Trinajstić information content (AvgIpc) is 2.48. The summed E-state index contributed by atoms with van der Waals surface area (Å²) in [5, 5.41) is 0. The number of rotatable bonds is 3. The van der Waals surface area contributed by atoms with Gasteiger partial charge < -0.3 is 10.5 Å². The highest BCUT2D eigenvalue weighted by Gasteiger charge is 2.23. The maximum Gasteiger partial charge on any atom is 0.122 e. The van der Waals surface area contributed by atoms with Gasteiger partial charge >= 0.3 is 0 Å². The number of aromatic nitrogens is 1. The lowest BCUT2D eigenvalue weighted by atomic mass is 9.86. The number of nitrogens with zero attached hydrogens (tertiary/aromatic N) is 1. The maximum absolute atomic E-state index is 6.35. The average molecular weight is 268 g/mol. The van der Waals surface area contributed by atoms with Gasteiger partial charge in [-0.1, -0.05) is 24.3 Å². The molecule has 20 heavy (non-hydrogen) atoms. The maximum atomic E-state index is 6.35. The topological polar surface area (TPSA) is 48.1 Å². The van der Waals surface area contributed by atoms with E-state index in [4.69, 9.17) is 10.5 Å². The summed E-state index contributed by atoms with van der Waals surface area (Å²) >= 11 is 0. The summed E-state index contributed by atoms with van der Waals surface area (Å²) in [6.07, 6.45) is 3.86. The molecule has 0 amide bonds. The Balaban J connectivity index is 1.77. The smallest absolute Gasteiger partial charge is 0.122 e. The summed E-state index contributed by atoms with van der Waals surface area (Å²) in [6, 6.07) is 12.4. The van der Waals surface area contributed by atoms with Gasteiger partial charge in [0.25, 0.3) is 0 Å². The van der Waals surface area contributed by atoms with Crippen molar-refractivity contribution >= 4 is 0 Å². The van der Waals surface area contributed by atoms with E-state index in [1.165, 1.54) is 5.56 Å². The first-order valence-corrected chi connectivity index (χ1v) is 7.14. The molecule has 1 aliphatic heterocycles. The van der Waals surface area contributed by atoms with Gasteiger partial charge in [0, 0.05) is 17.9 Å². The van der Waals surface area contributed by atoms with Crippen molar-refractivity contribution in [2.24, 2.45) is 5.73 Å². The molecule has 3 heteroatoms. The lowest BCUT2D eigenvalue weighted by molar-refractivity contribution is 0.259. The van der Waals surface area contributed by atoms with Crippen LogP contribution in [0.3, 0.4) is 0 Å². The quantitative estimate of drug-likeness (QED) is 0.928. The monoisotopic (exact) mass is 268 g/mol. The fourth-order valence-corrected chi connectivity index (χ4v) is 2.80. The van der Waals surface area contributed by atoms with Gasteiger partial charge in [-0.2, -0.15) is 0 Å². The Morgan fingerprint density at radius 3 is 2.95 bits per heavy atom. The Bertz CT molecular complexity index is 580. The van der Waals surface area contributed by atoms with E-state index in [9.17, 15) is 0 Å². The zero-order valence-corrected chi connectivity index (χ0v) is 11.8. The molecule has 3 rings (SSSR count). The summed E-state index contributed by atoms with van der Waals surface area (Å²) in [7, 11) is 0. The van der Waals surface area contributed by atoms with Crippen LogP contribution < -0.4 is 10.5 Å². The highest BCUT2D eigenvalue weighted by atomic mass is 16.5. The number of para-hydroxylation sites is 1. The Morgan fingerprint density at radius 1 is 1.30 bits per heavy atom. The Hall–Kier alpha value is -1.87. The zero-order chi connectivity index (χ0) is 13.9. The molecule has 2 aromatic rings. The molecule has 1 aromatic carbocycles. The number of hydrogen-bond donors (Lipinski definition) is 1. The Morgan fingerprint density at radius 2 is 2.15 bits per heavy atom. The Kier molecular flexibility index (Phi) is 3.70. The van der Waals surface area contributed by atoms with Crippen molar-refractivity contribution in [2.45, 2.75) is 31.7 Å². The fourth-order valence-electron chi connectivity index (χ4n) is 2.80. The van der Waals surface area contributed by atoms with E-state index in [0.29, 0.717) is 5.92 Å². The minimum atomic E-state index is 0.0271. The van der Waals surface area contributed by atoms with Crippen molar-refractivity contribution in [3.63, 3.8) is 0 Å². The molecule has 0 aliphatic carbocycles. The van der Waals surface area contributed by atoms with Gasteiger partial charge in [0.15, 0.2) is 0 Å². The van der Waals surface area contributed by atoms with Crippen LogP contribution in [0.15, 0.2) is 42.6 Å². The van der Waals surface area contributed by atoms with Crippen molar-refractivity contribution in [3.8, 4) is 5.75 Å². The molecule has 2 heterocycles. The number of ether oxygens (including phenoxy) is 1. The van der Waals surface area contributed by atoms with Gasteiger partial charge in [-0.05, 0) is 48.9 Å². The molecule has 0 saturated carbocycles. The van der Waals surface area contributed by atoms with Crippen LogP contribution in [-0.4, -0.2) is 11.6 Å². The van der Waals surface area contributed by atoms with E-state index in [-0.39, 0.29) is 6.04 Å². The lowest BCUT2D eigenvalue weighted by Crippen LogP contribution is -2.20. The van der Waals surface area contributed by atoms with Gasteiger partial charge in [-0.25, -0.2) is 0 Å². The number of fused-ring (bicyclic) bond motifs is 1. The van der Waals surface area contributed by atoms with Gasteiger partial charge in [0.05, 0.1) is 6.61 Å². The number of hydrogen-bond acceptors (Lipinski definition) is 3. The molecule has 2 N–H and O–H groups in total. The minimum Gasteiger partial charge on any atom is -0.493 e. The van der Waals surface area contributed by atoms with E-state index in [2.05, 4.69) is 23.2 Å². The second-order valence-corrected chi connectivity index (χ2v) is 5.45. The second-order valence-electron chi connectivity index (χ2n) is 5.45. The SMILES string of the molecule is Cc1ccc(C(N)CC2CCOc3ccccc32)cn1. The molecule has 0 fully saturated rings. The van der Waals surface area contributed by atoms with E-state index in [1.54, 1.807) is 0 Å². The first kappa shape index (κ1) is 13.1. The number of benzene rings is 1. The van der Waals surface area contributed by atoms with Crippen molar-refractivity contribution in [1.29, 1.82) is 0 Å². The summed E-state index contributed by atoms with van der Waals surface area (Å²) in [5.74, 6) is 1.48. The van der Waals surface area contributed by atoms with E-state index in [1.807, 2.05) is 31.3 Å². The van der Waals surface area contributed by atoms with Crippen LogP contribution in [0, 0.1) is 6.92 Å². The summed E-state index contributed by atoms with van der Waals surface area (Å²) in [5.41, 5.74) is 9.77. The van der Waals surface area contributed by atoms with Crippen LogP contribution in [0.25, 0.3) is 0 Å². The first-order chi connectivity index (χ1) is 9.74. The number of aryl methyl sites for hydroxylation is 1. The summed E-state index contributed by atoms with van der Waals surface area (Å²) in [4.78, 5) is 4.33. The van der Waals surface area contributed by atoms with Crippen LogP contribution in [0.4, 0.5) is 0 Å². The standard InChI is InChI=1S/C17H20N2O/c1-12-6-7-14(11-19-12)16(18)10-13-8-9-20-17-5-3-2-4-15(13)17/h2-7,11,13,16H,8-10,18H2,1H3. The largest absolute Gasteiger partial charge is 0.493 e. The van der Waals surface area contributed by atoms with E-state index in [0.717, 1.165) is 36.5 Å². The summed E-state index contributed by atoms with van der Waals surface area (Å²) < 4.78 is 5.70. The molecule has 104 valence electrons. The molecule has 1 aliphatic rings. The molecular formula is C17H20N2O. The van der Waals surface area contributed by atoms with Crippen LogP contribution in [0.5, 0.6) is 5.75 Å². The van der Waals surface area contributed by atoms with Gasteiger partial charge in [0.1, 0.15) is 5.75 Å². The van der Waals surface area contributed by atoms with Crippen LogP contribution in [0.2, 0.25) is 0 Å². The molecule has 0 spiro atoms. The number of pyridine rings is 1. The predicted molar refractivity (Wildman–Crippen MR) is 79.8 cm³/mol. The lowest BCUT2D eigenvalue weighted by Gasteiger charge is -2.28. The fraction of sp³-hybridized carbons (Fsp3) is 0.353. The summed E-state index contributed by atoms with van der Waals surface area (Å²) in [6.45, 7) is 2.77. The molecule has 0 saturated heterocycles. The second kappa shape index (κ2) is 5.63. The normalized spacial score (nSPS) is 19.0. The van der Waals surface area contributed by atoms with E-state index >= 15 is 0 Å². The van der Waals surface area contributed by atoms with E-state index < -0.39 is 0 Å². The van der Waals surface area contributed by atoms with Gasteiger partial charge in [-0.3, -0.25) is 4.98 Å². The van der Waals surface area contributed by atoms with Crippen molar-refractivity contribution in [2.75, 3.05) is 6.61 Å². The highest BCUT2D eigenvalue weighted by molar-refractivity contribution is 5.38. The number of nitrogens with two attached hydrogens (primary N) is 1. The third-order valence-electron chi connectivity index (χ3n) is 3.98. The van der Waals surface area contributed by atoms with Gasteiger partial charge in [-0.15, -0.1) is 0 Å². The minimum absolute atomic E-state index is 0.0271. The zero-order valence-electron chi connectivity index (χ0n) is 11.8. The third kappa shape index (κ3) is 2.68.